The van der Waals surface area contributed by atoms with Gasteiger partial charge in [-0.1, -0.05) is 0 Å². The van der Waals surface area contributed by atoms with Crippen LogP contribution in [0.2, 0.25) is 0 Å². The minimum Gasteiger partial charge on any atom is -0.493 e. The van der Waals surface area contributed by atoms with Gasteiger partial charge in [0.15, 0.2) is 11.5 Å². The summed E-state index contributed by atoms with van der Waals surface area (Å²) in [7, 11) is 6.63. The van der Waals surface area contributed by atoms with Crippen molar-refractivity contribution in [2.24, 2.45) is 7.05 Å². The Morgan fingerprint density at radius 1 is 1.29 bits per heavy atom. The van der Waals surface area contributed by atoms with E-state index in [4.69, 9.17) is 14.2 Å². The highest BCUT2D eigenvalue weighted by atomic mass is 16.5. The zero-order valence-electron chi connectivity index (χ0n) is 14.3. The second-order valence-electron chi connectivity index (χ2n) is 5.07. The monoisotopic (exact) mass is 334 g/mol. The van der Waals surface area contributed by atoms with Crippen LogP contribution in [-0.4, -0.2) is 50.3 Å². The number of aromatic nitrogens is 2. The molecule has 8 nitrogen and oxygen atoms in total. The van der Waals surface area contributed by atoms with Crippen LogP contribution in [0.25, 0.3) is 0 Å². The summed E-state index contributed by atoms with van der Waals surface area (Å²) in [5, 5.41) is 6.87. The van der Waals surface area contributed by atoms with Crippen molar-refractivity contribution in [3.05, 3.63) is 30.6 Å². The number of nitrogens with one attached hydrogen (secondary N) is 1. The van der Waals surface area contributed by atoms with E-state index in [1.54, 1.807) is 63.6 Å². The van der Waals surface area contributed by atoms with Gasteiger partial charge in [0.2, 0.25) is 0 Å². The molecular weight excluding hydrogens is 312 g/mol. The van der Waals surface area contributed by atoms with E-state index in [2.05, 4.69) is 10.4 Å². The number of nitrogens with zero attached hydrogens (tertiary/aromatic N) is 3. The average molecular weight is 334 g/mol. The molecule has 1 N–H and O–H groups in total. The van der Waals surface area contributed by atoms with Gasteiger partial charge in [0.05, 0.1) is 25.6 Å². The van der Waals surface area contributed by atoms with E-state index in [1.165, 1.54) is 4.90 Å². The molecule has 0 aliphatic carbocycles. The van der Waals surface area contributed by atoms with Crippen molar-refractivity contribution in [2.45, 2.75) is 0 Å². The maximum absolute atomic E-state index is 12.3. The Kier molecular flexibility index (Phi) is 6.02. The van der Waals surface area contributed by atoms with Crippen LogP contribution in [0.15, 0.2) is 30.6 Å². The molecule has 0 bridgehead atoms. The molecule has 2 rings (SSSR count). The van der Waals surface area contributed by atoms with Crippen LogP contribution in [0.3, 0.4) is 0 Å². The Labute approximate surface area is 140 Å². The van der Waals surface area contributed by atoms with Crippen molar-refractivity contribution in [2.75, 3.05) is 44.7 Å². The second kappa shape index (κ2) is 8.21. The minimum absolute atomic E-state index is 0.281. The van der Waals surface area contributed by atoms with Crippen molar-refractivity contribution >= 4 is 17.4 Å². The number of carbonyl (C=O) groups is 1. The van der Waals surface area contributed by atoms with Crippen LogP contribution >= 0.6 is 0 Å². The van der Waals surface area contributed by atoms with E-state index >= 15 is 0 Å². The largest absolute Gasteiger partial charge is 0.493 e. The van der Waals surface area contributed by atoms with Crippen molar-refractivity contribution in [1.82, 2.24) is 9.78 Å². The van der Waals surface area contributed by atoms with Crippen molar-refractivity contribution in [3.63, 3.8) is 0 Å². The van der Waals surface area contributed by atoms with Crippen LogP contribution < -0.4 is 19.7 Å². The first-order valence-electron chi connectivity index (χ1n) is 7.38. The highest BCUT2D eigenvalue weighted by Crippen LogP contribution is 2.30. The number of benzene rings is 1. The number of rotatable bonds is 7. The van der Waals surface area contributed by atoms with Gasteiger partial charge in [-0.3, -0.25) is 9.58 Å². The molecule has 8 heteroatoms. The lowest BCUT2D eigenvalue weighted by Gasteiger charge is -2.17. The van der Waals surface area contributed by atoms with Gasteiger partial charge in [0, 0.05) is 39.2 Å². The molecule has 0 aliphatic rings. The Hall–Kier alpha value is -2.74. The molecule has 0 spiro atoms. The van der Waals surface area contributed by atoms with Gasteiger partial charge in [-0.15, -0.1) is 0 Å². The van der Waals surface area contributed by atoms with Gasteiger partial charge < -0.3 is 19.5 Å². The minimum atomic E-state index is -0.281. The third kappa shape index (κ3) is 4.39. The number of urea groups is 1. The van der Waals surface area contributed by atoms with E-state index < -0.39 is 0 Å². The summed E-state index contributed by atoms with van der Waals surface area (Å²) >= 11 is 0. The highest BCUT2D eigenvalue weighted by Gasteiger charge is 2.14. The number of hydrogen-bond donors (Lipinski definition) is 1. The Morgan fingerprint density at radius 2 is 2.08 bits per heavy atom. The fourth-order valence-corrected chi connectivity index (χ4v) is 2.01. The smallest absolute Gasteiger partial charge is 0.326 e. The quantitative estimate of drug-likeness (QED) is 0.785. The normalized spacial score (nSPS) is 10.3. The summed E-state index contributed by atoms with van der Waals surface area (Å²) in [6.07, 6.45) is 3.37. The Balaban J connectivity index is 2.08. The maximum atomic E-state index is 12.3. The Morgan fingerprint density at radius 3 is 2.71 bits per heavy atom. The molecule has 0 saturated carbocycles. The Bertz CT molecular complexity index is 686. The predicted octanol–water partition coefficient (Wildman–Crippen LogP) is 2.12. The van der Waals surface area contributed by atoms with E-state index in [0.29, 0.717) is 36.1 Å². The molecule has 0 saturated heterocycles. The zero-order chi connectivity index (χ0) is 17.5. The number of hydrogen-bond acceptors (Lipinski definition) is 5. The lowest BCUT2D eigenvalue weighted by atomic mass is 10.2. The molecule has 130 valence electrons. The summed E-state index contributed by atoms with van der Waals surface area (Å²) in [6, 6.07) is 4.92. The molecule has 1 heterocycles. The van der Waals surface area contributed by atoms with E-state index in [-0.39, 0.29) is 6.03 Å². The molecule has 2 aromatic rings. The second-order valence-corrected chi connectivity index (χ2v) is 5.07. The van der Waals surface area contributed by atoms with Crippen LogP contribution in [0.5, 0.6) is 11.5 Å². The first-order chi connectivity index (χ1) is 11.5. The third-order valence-corrected chi connectivity index (χ3v) is 3.34. The number of carbonyl (C=O) groups excluding carboxylic acids is 1. The van der Waals surface area contributed by atoms with Crippen molar-refractivity contribution in [1.29, 1.82) is 0 Å². The van der Waals surface area contributed by atoms with Gasteiger partial charge in [-0.05, 0) is 12.1 Å². The summed E-state index contributed by atoms with van der Waals surface area (Å²) in [5.74, 6) is 1.13. The highest BCUT2D eigenvalue weighted by molar-refractivity contribution is 6.01. The van der Waals surface area contributed by atoms with Crippen LogP contribution in [0.1, 0.15) is 0 Å². The molecule has 24 heavy (non-hydrogen) atoms. The molecule has 0 fully saturated rings. The lowest BCUT2D eigenvalue weighted by Crippen LogP contribution is -2.30. The van der Waals surface area contributed by atoms with Gasteiger partial charge >= 0.3 is 6.03 Å². The molecular formula is C16H22N4O4. The summed E-state index contributed by atoms with van der Waals surface area (Å²) in [5.41, 5.74) is 1.30. The van der Waals surface area contributed by atoms with E-state index in [9.17, 15) is 4.79 Å². The van der Waals surface area contributed by atoms with Crippen LogP contribution in [0.4, 0.5) is 16.2 Å². The molecule has 1 aromatic carbocycles. The predicted molar refractivity (Wildman–Crippen MR) is 91.0 cm³/mol. The van der Waals surface area contributed by atoms with Crippen molar-refractivity contribution in [3.8, 4) is 11.5 Å². The SMILES string of the molecule is COCCOc1cc(NC(=O)N(C)c2cnn(C)c2)ccc1OC. The first kappa shape index (κ1) is 17.6. The van der Waals surface area contributed by atoms with Gasteiger partial charge in [-0.2, -0.15) is 5.10 Å². The summed E-state index contributed by atoms with van der Waals surface area (Å²) in [6.45, 7) is 0.851. The van der Waals surface area contributed by atoms with Crippen molar-refractivity contribution < 1.29 is 19.0 Å². The van der Waals surface area contributed by atoms with E-state index in [0.717, 1.165) is 0 Å². The zero-order valence-corrected chi connectivity index (χ0v) is 14.3. The number of amides is 2. The lowest BCUT2D eigenvalue weighted by molar-refractivity contribution is 0.144. The van der Waals surface area contributed by atoms with Gasteiger partial charge in [0.1, 0.15) is 6.61 Å². The molecule has 0 aliphatic heterocycles. The fourth-order valence-electron chi connectivity index (χ4n) is 2.01. The topological polar surface area (TPSA) is 77.9 Å². The molecule has 2 amide bonds. The number of ether oxygens (including phenoxy) is 3. The maximum Gasteiger partial charge on any atom is 0.326 e. The number of aryl methyl sites for hydroxylation is 1. The first-order valence-corrected chi connectivity index (χ1v) is 7.38. The van der Waals surface area contributed by atoms with Gasteiger partial charge in [0.25, 0.3) is 0 Å². The van der Waals surface area contributed by atoms with Crippen LogP contribution in [0, 0.1) is 0 Å². The molecule has 0 unspecified atom stereocenters. The molecule has 0 radical (unpaired) electrons. The summed E-state index contributed by atoms with van der Waals surface area (Å²) < 4.78 is 17.5. The molecule has 1 aromatic heterocycles. The third-order valence-electron chi connectivity index (χ3n) is 3.34. The standard InChI is InChI=1S/C16H22N4O4/c1-19-11-13(10-17-19)20(2)16(21)18-12-5-6-14(23-4)15(9-12)24-8-7-22-3/h5-6,9-11H,7-8H2,1-4H3,(H,18,21). The number of anilines is 2. The van der Waals surface area contributed by atoms with E-state index in [1.807, 2.05) is 0 Å². The fraction of sp³-hybridized carbons (Fsp3) is 0.375. The van der Waals surface area contributed by atoms with Crippen LogP contribution in [-0.2, 0) is 11.8 Å². The number of methoxy groups -OCH3 is 2. The summed E-state index contributed by atoms with van der Waals surface area (Å²) in [4.78, 5) is 13.8. The van der Waals surface area contributed by atoms with Gasteiger partial charge in [-0.25, -0.2) is 4.79 Å². The average Bonchev–Trinajstić information content (AvgIpc) is 3.01. The molecule has 0 atom stereocenters.